The monoisotopic (exact) mass is 375 g/mol. The highest BCUT2D eigenvalue weighted by Crippen LogP contribution is 2.34. The Morgan fingerprint density at radius 2 is 2.04 bits per heavy atom. The van der Waals surface area contributed by atoms with Gasteiger partial charge in [0.1, 0.15) is 30.5 Å². The number of ether oxygens (including phenoxy) is 2. The molecule has 3 heterocycles. The van der Waals surface area contributed by atoms with E-state index in [4.69, 9.17) is 9.47 Å². The number of imidazole rings is 1. The van der Waals surface area contributed by atoms with Crippen LogP contribution in [0.15, 0.2) is 36.9 Å². The fourth-order valence-electron chi connectivity index (χ4n) is 3.15. The first-order valence-electron chi connectivity index (χ1n) is 8.29. The van der Waals surface area contributed by atoms with Crippen LogP contribution in [0, 0.1) is 5.82 Å². The summed E-state index contributed by atoms with van der Waals surface area (Å²) in [6.45, 7) is -0.337. The van der Waals surface area contributed by atoms with E-state index in [1.807, 2.05) is 0 Å². The van der Waals surface area contributed by atoms with E-state index in [0.29, 0.717) is 22.7 Å². The SMILES string of the molecule is COC1C(O)[C@@H](CO)O[C@H]1n1cnc2c(Nc3ccc(F)cc3)ncnc21. The quantitative estimate of drug-likeness (QED) is 0.605. The molecule has 10 heteroatoms. The number of nitrogens with zero attached hydrogens (tertiary/aromatic N) is 4. The van der Waals surface area contributed by atoms with Crippen molar-refractivity contribution in [1.29, 1.82) is 0 Å². The van der Waals surface area contributed by atoms with Crippen molar-refractivity contribution in [2.24, 2.45) is 0 Å². The Labute approximate surface area is 153 Å². The number of anilines is 2. The largest absolute Gasteiger partial charge is 0.394 e. The van der Waals surface area contributed by atoms with Gasteiger partial charge in [-0.15, -0.1) is 0 Å². The van der Waals surface area contributed by atoms with Crippen LogP contribution in [0.25, 0.3) is 11.2 Å². The maximum Gasteiger partial charge on any atom is 0.167 e. The molecule has 4 rings (SSSR count). The van der Waals surface area contributed by atoms with Crippen molar-refractivity contribution in [3.63, 3.8) is 0 Å². The molecule has 0 bridgehead atoms. The van der Waals surface area contributed by atoms with E-state index in [2.05, 4.69) is 20.3 Å². The first-order chi connectivity index (χ1) is 13.1. The number of fused-ring (bicyclic) bond motifs is 1. The van der Waals surface area contributed by atoms with Crippen LogP contribution < -0.4 is 5.32 Å². The number of methoxy groups -OCH3 is 1. The second-order valence-electron chi connectivity index (χ2n) is 6.12. The van der Waals surface area contributed by atoms with Gasteiger partial charge in [-0.2, -0.15) is 0 Å². The summed E-state index contributed by atoms with van der Waals surface area (Å²) in [5, 5.41) is 22.7. The van der Waals surface area contributed by atoms with Gasteiger partial charge in [-0.1, -0.05) is 0 Å². The normalized spacial score (nSPS) is 25.2. The summed E-state index contributed by atoms with van der Waals surface area (Å²) < 4.78 is 25.8. The molecule has 27 heavy (non-hydrogen) atoms. The van der Waals surface area contributed by atoms with Crippen molar-refractivity contribution in [3.05, 3.63) is 42.7 Å². The predicted molar refractivity (Wildman–Crippen MR) is 92.8 cm³/mol. The number of halogens is 1. The summed E-state index contributed by atoms with van der Waals surface area (Å²) >= 11 is 0. The van der Waals surface area contributed by atoms with Crippen LogP contribution in [0.2, 0.25) is 0 Å². The predicted octanol–water partition coefficient (Wildman–Crippen LogP) is 0.975. The van der Waals surface area contributed by atoms with Gasteiger partial charge in [-0.05, 0) is 24.3 Å². The van der Waals surface area contributed by atoms with Gasteiger partial charge < -0.3 is 25.0 Å². The summed E-state index contributed by atoms with van der Waals surface area (Å²) in [5.74, 6) is 0.107. The second kappa shape index (κ2) is 7.16. The van der Waals surface area contributed by atoms with E-state index < -0.39 is 24.5 Å². The molecule has 1 saturated heterocycles. The zero-order valence-corrected chi connectivity index (χ0v) is 14.4. The summed E-state index contributed by atoms with van der Waals surface area (Å²) in [4.78, 5) is 12.8. The number of nitrogens with one attached hydrogen (secondary N) is 1. The molecule has 1 aliphatic heterocycles. The first kappa shape index (κ1) is 17.7. The van der Waals surface area contributed by atoms with Crippen LogP contribution in [-0.4, -0.2) is 61.8 Å². The molecule has 1 aromatic carbocycles. The molecule has 0 saturated carbocycles. The van der Waals surface area contributed by atoms with Crippen LogP contribution in [0.4, 0.5) is 15.9 Å². The average molecular weight is 375 g/mol. The summed E-state index contributed by atoms with van der Waals surface area (Å²) in [6.07, 6.45) is -0.276. The number of hydrogen-bond acceptors (Lipinski definition) is 8. The van der Waals surface area contributed by atoms with Crippen LogP contribution >= 0.6 is 0 Å². The van der Waals surface area contributed by atoms with Gasteiger partial charge in [-0.25, -0.2) is 19.3 Å². The Balaban J connectivity index is 1.69. The van der Waals surface area contributed by atoms with Crippen molar-refractivity contribution in [2.45, 2.75) is 24.5 Å². The molecule has 4 atom stereocenters. The smallest absolute Gasteiger partial charge is 0.167 e. The highest BCUT2D eigenvalue weighted by molar-refractivity contribution is 5.85. The van der Waals surface area contributed by atoms with Crippen LogP contribution in [0.1, 0.15) is 6.23 Å². The van der Waals surface area contributed by atoms with Gasteiger partial charge >= 0.3 is 0 Å². The molecule has 3 N–H and O–H groups in total. The first-order valence-corrected chi connectivity index (χ1v) is 8.29. The minimum absolute atomic E-state index is 0.335. The van der Waals surface area contributed by atoms with Crippen molar-refractivity contribution in [2.75, 3.05) is 19.0 Å². The van der Waals surface area contributed by atoms with Gasteiger partial charge in [0.15, 0.2) is 23.2 Å². The molecule has 0 radical (unpaired) electrons. The lowest BCUT2D eigenvalue weighted by Crippen LogP contribution is -2.34. The number of aliphatic hydroxyl groups excluding tert-OH is 2. The Morgan fingerprint density at radius 3 is 2.74 bits per heavy atom. The molecule has 0 amide bonds. The standard InChI is InChI=1S/C17H18FN5O4/c1-26-14-13(25)11(6-24)27-17(14)23-8-21-12-15(19-7-20-16(12)23)22-10-4-2-9(18)3-5-10/h2-5,7-8,11,13-14,17,24-25H,6H2,1H3,(H,19,20,22)/t11-,13?,14?,17-/m1/s1. The third kappa shape index (κ3) is 3.12. The van der Waals surface area contributed by atoms with Gasteiger partial charge in [0.2, 0.25) is 0 Å². The van der Waals surface area contributed by atoms with E-state index in [9.17, 15) is 14.6 Å². The third-order valence-electron chi connectivity index (χ3n) is 4.50. The minimum atomic E-state index is -0.985. The number of benzene rings is 1. The molecule has 2 unspecified atom stereocenters. The van der Waals surface area contributed by atoms with E-state index in [1.54, 1.807) is 16.7 Å². The molecule has 2 aromatic heterocycles. The molecule has 9 nitrogen and oxygen atoms in total. The van der Waals surface area contributed by atoms with Gasteiger partial charge in [0.05, 0.1) is 12.9 Å². The lowest BCUT2D eigenvalue weighted by atomic mass is 10.1. The molecule has 3 aromatic rings. The van der Waals surface area contributed by atoms with Crippen LogP contribution in [-0.2, 0) is 9.47 Å². The topological polar surface area (TPSA) is 115 Å². The molecule has 1 aliphatic rings. The Kier molecular flexibility index (Phi) is 4.70. The highest BCUT2D eigenvalue weighted by Gasteiger charge is 2.45. The molecule has 142 valence electrons. The van der Waals surface area contributed by atoms with Crippen LogP contribution in [0.3, 0.4) is 0 Å². The van der Waals surface area contributed by atoms with Crippen molar-refractivity contribution in [1.82, 2.24) is 19.5 Å². The molecular formula is C17H18FN5O4. The van der Waals surface area contributed by atoms with Gasteiger partial charge in [0, 0.05) is 12.8 Å². The molecule has 0 aliphatic carbocycles. The third-order valence-corrected chi connectivity index (χ3v) is 4.50. The number of hydrogen-bond donors (Lipinski definition) is 3. The molecule has 0 spiro atoms. The summed E-state index contributed by atoms with van der Waals surface area (Å²) in [6, 6.07) is 5.85. The van der Waals surface area contributed by atoms with Crippen molar-refractivity contribution < 1.29 is 24.1 Å². The summed E-state index contributed by atoms with van der Waals surface area (Å²) in [5.41, 5.74) is 1.59. The molecular weight excluding hydrogens is 357 g/mol. The second-order valence-corrected chi connectivity index (χ2v) is 6.12. The van der Waals surface area contributed by atoms with Crippen molar-refractivity contribution in [3.8, 4) is 0 Å². The zero-order chi connectivity index (χ0) is 19.0. The maximum atomic E-state index is 13.1. The fourth-order valence-corrected chi connectivity index (χ4v) is 3.15. The lowest BCUT2D eigenvalue weighted by molar-refractivity contribution is -0.0583. The highest BCUT2D eigenvalue weighted by atomic mass is 19.1. The molecule has 1 fully saturated rings. The van der Waals surface area contributed by atoms with Gasteiger partial charge in [-0.3, -0.25) is 4.57 Å². The average Bonchev–Trinajstić information content (AvgIpc) is 3.24. The van der Waals surface area contributed by atoms with Crippen LogP contribution in [0.5, 0.6) is 0 Å². The Hall–Kier alpha value is -2.66. The van der Waals surface area contributed by atoms with E-state index in [0.717, 1.165) is 0 Å². The van der Waals surface area contributed by atoms with E-state index >= 15 is 0 Å². The fraction of sp³-hybridized carbons (Fsp3) is 0.353. The lowest BCUT2D eigenvalue weighted by Gasteiger charge is -2.19. The Bertz CT molecular complexity index is 935. The van der Waals surface area contributed by atoms with Gasteiger partial charge in [0.25, 0.3) is 0 Å². The summed E-state index contributed by atoms with van der Waals surface area (Å²) in [7, 11) is 1.46. The number of aromatic nitrogens is 4. The Morgan fingerprint density at radius 1 is 1.26 bits per heavy atom. The minimum Gasteiger partial charge on any atom is -0.394 e. The van der Waals surface area contributed by atoms with Crippen molar-refractivity contribution >= 4 is 22.7 Å². The zero-order valence-electron chi connectivity index (χ0n) is 14.4. The maximum absolute atomic E-state index is 13.1. The number of aliphatic hydroxyl groups is 2. The van der Waals surface area contributed by atoms with E-state index in [1.165, 1.54) is 31.9 Å². The number of rotatable bonds is 5. The van der Waals surface area contributed by atoms with E-state index in [-0.39, 0.29) is 12.4 Å².